The predicted molar refractivity (Wildman–Crippen MR) is 87.9 cm³/mol. The lowest BCUT2D eigenvalue weighted by atomic mass is 10.2. The Hall–Kier alpha value is -1.04. The van der Waals surface area contributed by atoms with Gasteiger partial charge in [0.25, 0.3) is 0 Å². The van der Waals surface area contributed by atoms with E-state index in [4.69, 9.17) is 0 Å². The van der Waals surface area contributed by atoms with Gasteiger partial charge in [0.2, 0.25) is 5.91 Å². The number of nitrogens with zero attached hydrogens (tertiary/aromatic N) is 2. The van der Waals surface area contributed by atoms with Crippen molar-refractivity contribution in [2.24, 2.45) is 0 Å². The number of hydrogen-bond acceptors (Lipinski definition) is 4. The van der Waals surface area contributed by atoms with Crippen LogP contribution >= 0.6 is 11.8 Å². The molecule has 4 nitrogen and oxygen atoms in total. The Bertz CT molecular complexity index is 493. The molecular weight excluding hydrogens is 284 g/mol. The number of para-hydroxylation sites is 1. The third kappa shape index (κ3) is 3.99. The maximum Gasteiger partial charge on any atom is 0.244 e. The average Bonchev–Trinajstić information content (AvgIpc) is 2.50. The van der Waals surface area contributed by atoms with Gasteiger partial charge in [-0.05, 0) is 39.4 Å². The summed E-state index contributed by atoms with van der Waals surface area (Å²) in [6, 6.07) is 7.90. The topological polar surface area (TPSA) is 43.8 Å². The van der Waals surface area contributed by atoms with Crippen molar-refractivity contribution in [1.29, 1.82) is 0 Å². The first-order valence-electron chi connectivity index (χ1n) is 7.42. The highest BCUT2D eigenvalue weighted by Gasteiger charge is 2.28. The van der Waals surface area contributed by atoms with E-state index < -0.39 is 0 Å². The molecule has 0 saturated carbocycles. The molecule has 1 aromatic rings. The van der Waals surface area contributed by atoms with Crippen LogP contribution in [-0.4, -0.2) is 53.9 Å². The predicted octanol–water partition coefficient (Wildman–Crippen LogP) is 2.22. The lowest BCUT2D eigenvalue weighted by Gasteiger charge is -2.34. The lowest BCUT2D eigenvalue weighted by Crippen LogP contribution is -2.48. The summed E-state index contributed by atoms with van der Waals surface area (Å²) < 4.78 is 0. The zero-order valence-electron chi connectivity index (χ0n) is 13.0. The van der Waals surface area contributed by atoms with E-state index in [0.29, 0.717) is 6.42 Å². The van der Waals surface area contributed by atoms with Crippen molar-refractivity contribution in [3.05, 3.63) is 24.3 Å². The highest BCUT2D eigenvalue weighted by atomic mass is 32.2. The fourth-order valence-electron chi connectivity index (χ4n) is 2.40. The highest BCUT2D eigenvalue weighted by Crippen LogP contribution is 2.34. The standard InChI is InChI=1S/C16H24N2O2S/c1-12(19)8-9-17(3)13(2)16(20)18-10-11-21-15-7-5-4-6-14(15)18/h4-7,12-13,19H,8-11H2,1-3H3. The number of benzene rings is 1. The van der Waals surface area contributed by atoms with Gasteiger partial charge in [-0.15, -0.1) is 11.8 Å². The minimum absolute atomic E-state index is 0.135. The van der Waals surface area contributed by atoms with Crippen LogP contribution in [0.4, 0.5) is 5.69 Å². The van der Waals surface area contributed by atoms with Crippen molar-refractivity contribution in [3.8, 4) is 0 Å². The van der Waals surface area contributed by atoms with E-state index in [2.05, 4.69) is 6.07 Å². The Labute approximate surface area is 131 Å². The molecule has 21 heavy (non-hydrogen) atoms. The van der Waals surface area contributed by atoms with Gasteiger partial charge in [0.1, 0.15) is 0 Å². The molecule has 116 valence electrons. The molecule has 0 fully saturated rings. The number of likely N-dealkylation sites (N-methyl/N-ethyl adjacent to an activating group) is 1. The van der Waals surface area contributed by atoms with Crippen molar-refractivity contribution in [2.45, 2.75) is 37.3 Å². The van der Waals surface area contributed by atoms with Crippen LogP contribution in [0.25, 0.3) is 0 Å². The third-order valence-corrected chi connectivity index (χ3v) is 4.96. The van der Waals surface area contributed by atoms with Crippen molar-refractivity contribution in [2.75, 3.05) is 30.8 Å². The van der Waals surface area contributed by atoms with Crippen LogP contribution in [0.15, 0.2) is 29.2 Å². The zero-order chi connectivity index (χ0) is 15.4. The number of carbonyl (C=O) groups is 1. The van der Waals surface area contributed by atoms with E-state index in [-0.39, 0.29) is 18.1 Å². The fraction of sp³-hybridized carbons (Fsp3) is 0.562. The van der Waals surface area contributed by atoms with Crippen LogP contribution < -0.4 is 4.90 Å². The Morgan fingerprint density at radius 2 is 2.14 bits per heavy atom. The number of aliphatic hydroxyl groups is 1. The number of fused-ring (bicyclic) bond motifs is 1. The van der Waals surface area contributed by atoms with E-state index in [9.17, 15) is 9.90 Å². The number of anilines is 1. The van der Waals surface area contributed by atoms with Crippen molar-refractivity contribution in [3.63, 3.8) is 0 Å². The first-order valence-corrected chi connectivity index (χ1v) is 8.40. The number of rotatable bonds is 5. The lowest BCUT2D eigenvalue weighted by molar-refractivity contribution is -0.122. The van der Waals surface area contributed by atoms with E-state index in [1.807, 2.05) is 42.0 Å². The smallest absolute Gasteiger partial charge is 0.244 e. The van der Waals surface area contributed by atoms with Crippen molar-refractivity contribution in [1.82, 2.24) is 4.90 Å². The molecule has 2 unspecified atom stereocenters. The van der Waals surface area contributed by atoms with Gasteiger partial charge in [0.15, 0.2) is 0 Å². The summed E-state index contributed by atoms with van der Waals surface area (Å²) in [5.74, 6) is 1.07. The van der Waals surface area contributed by atoms with Crippen molar-refractivity contribution < 1.29 is 9.90 Å². The Morgan fingerprint density at radius 3 is 2.86 bits per heavy atom. The first-order chi connectivity index (χ1) is 10.0. The zero-order valence-corrected chi connectivity index (χ0v) is 13.8. The van der Waals surface area contributed by atoms with Crippen LogP contribution in [0, 0.1) is 0 Å². The molecule has 5 heteroatoms. The minimum atomic E-state index is -0.332. The summed E-state index contributed by atoms with van der Waals surface area (Å²) in [6.45, 7) is 5.19. The Kier molecular flexibility index (Phi) is 5.67. The molecule has 1 aromatic carbocycles. The van der Waals surface area contributed by atoms with Gasteiger partial charge >= 0.3 is 0 Å². The molecule has 0 saturated heterocycles. The SMILES string of the molecule is CC(O)CCN(C)C(C)C(=O)N1CCSc2ccccc21. The molecule has 0 radical (unpaired) electrons. The van der Waals surface area contributed by atoms with E-state index in [1.54, 1.807) is 18.7 Å². The number of amides is 1. The normalized spacial score (nSPS) is 17.5. The molecule has 1 aliphatic rings. The molecule has 0 spiro atoms. The second kappa shape index (κ2) is 7.29. The molecule has 1 amide bonds. The van der Waals surface area contributed by atoms with Crippen LogP contribution in [0.1, 0.15) is 20.3 Å². The van der Waals surface area contributed by atoms with Gasteiger partial charge in [-0.3, -0.25) is 9.69 Å². The first kappa shape index (κ1) is 16.3. The summed E-state index contributed by atoms with van der Waals surface area (Å²) >= 11 is 1.80. The van der Waals surface area contributed by atoms with Gasteiger partial charge in [0, 0.05) is 23.7 Å². The second-order valence-corrected chi connectivity index (χ2v) is 6.74. The Balaban J connectivity index is 2.06. The fourth-order valence-corrected chi connectivity index (χ4v) is 3.39. The maximum absolute atomic E-state index is 12.8. The monoisotopic (exact) mass is 308 g/mol. The molecule has 0 aromatic heterocycles. The molecule has 2 rings (SSSR count). The molecule has 2 atom stereocenters. The molecule has 0 bridgehead atoms. The summed E-state index contributed by atoms with van der Waals surface area (Å²) in [4.78, 5) is 17.8. The van der Waals surface area contributed by atoms with Crippen LogP contribution in [0.3, 0.4) is 0 Å². The average molecular weight is 308 g/mol. The van der Waals surface area contributed by atoms with Gasteiger partial charge in [-0.1, -0.05) is 12.1 Å². The van der Waals surface area contributed by atoms with Crippen LogP contribution in [-0.2, 0) is 4.79 Å². The molecule has 1 N–H and O–H groups in total. The maximum atomic E-state index is 12.8. The largest absolute Gasteiger partial charge is 0.393 e. The summed E-state index contributed by atoms with van der Waals surface area (Å²) in [5.41, 5.74) is 1.02. The number of carbonyl (C=O) groups excluding carboxylic acids is 1. The van der Waals surface area contributed by atoms with Gasteiger partial charge in [-0.2, -0.15) is 0 Å². The molecule has 0 aliphatic carbocycles. The second-order valence-electron chi connectivity index (χ2n) is 5.60. The number of hydrogen-bond donors (Lipinski definition) is 1. The van der Waals surface area contributed by atoms with Crippen LogP contribution in [0.2, 0.25) is 0 Å². The molecule has 1 aliphatic heterocycles. The van der Waals surface area contributed by atoms with Gasteiger partial charge in [-0.25, -0.2) is 0 Å². The van der Waals surface area contributed by atoms with Crippen LogP contribution in [0.5, 0.6) is 0 Å². The van der Waals surface area contributed by atoms with E-state index in [0.717, 1.165) is 24.5 Å². The van der Waals surface area contributed by atoms with Crippen molar-refractivity contribution >= 4 is 23.4 Å². The quantitative estimate of drug-likeness (QED) is 0.906. The Morgan fingerprint density at radius 1 is 1.43 bits per heavy atom. The third-order valence-electron chi connectivity index (χ3n) is 3.91. The molecule has 1 heterocycles. The van der Waals surface area contributed by atoms with E-state index in [1.165, 1.54) is 4.90 Å². The minimum Gasteiger partial charge on any atom is -0.393 e. The number of aliphatic hydroxyl groups excluding tert-OH is 1. The van der Waals surface area contributed by atoms with Gasteiger partial charge in [0.05, 0.1) is 17.8 Å². The summed E-state index contributed by atoms with van der Waals surface area (Å²) in [5, 5.41) is 9.38. The number of thioether (sulfide) groups is 1. The molecular formula is C16H24N2O2S. The summed E-state index contributed by atoms with van der Waals surface area (Å²) in [7, 11) is 1.94. The van der Waals surface area contributed by atoms with Gasteiger partial charge < -0.3 is 10.0 Å². The van der Waals surface area contributed by atoms with E-state index >= 15 is 0 Å². The summed E-state index contributed by atoms with van der Waals surface area (Å²) in [6.07, 6.45) is 0.350. The highest BCUT2D eigenvalue weighted by molar-refractivity contribution is 7.99.